The second-order valence-corrected chi connectivity index (χ2v) is 10.1. The first-order valence-electron chi connectivity index (χ1n) is 12.1. The number of hydrogen-bond donors (Lipinski definition) is 0. The highest BCUT2D eigenvalue weighted by molar-refractivity contribution is 5.89. The molecule has 176 valence electrons. The van der Waals surface area contributed by atoms with E-state index in [0.717, 1.165) is 35.3 Å². The summed E-state index contributed by atoms with van der Waals surface area (Å²) in [5, 5.41) is 0. The lowest BCUT2D eigenvalue weighted by molar-refractivity contribution is -0.108. The summed E-state index contributed by atoms with van der Waals surface area (Å²) in [4.78, 5) is 27.3. The predicted molar refractivity (Wildman–Crippen MR) is 128 cm³/mol. The zero-order valence-corrected chi connectivity index (χ0v) is 20.1. The van der Waals surface area contributed by atoms with Crippen molar-refractivity contribution in [3.05, 3.63) is 71.8 Å². The number of carbonyl (C=O) groups excluding carboxylic acids is 2. The van der Waals surface area contributed by atoms with E-state index in [4.69, 9.17) is 9.47 Å². The molecule has 2 aromatic carbocycles. The van der Waals surface area contributed by atoms with Crippen molar-refractivity contribution >= 4 is 12.2 Å². The molecule has 2 aliphatic rings. The first kappa shape index (κ1) is 23.3. The fourth-order valence-electron chi connectivity index (χ4n) is 5.80. The molecule has 4 rings (SSSR count). The van der Waals surface area contributed by atoms with E-state index in [1.165, 1.54) is 0 Å². The number of amides is 2. The molecule has 5 heteroatoms. The number of benzene rings is 2. The van der Waals surface area contributed by atoms with Gasteiger partial charge in [0.05, 0.1) is 6.54 Å². The highest BCUT2D eigenvalue weighted by Crippen LogP contribution is 2.51. The van der Waals surface area contributed by atoms with Crippen LogP contribution in [-0.2, 0) is 9.47 Å². The maximum absolute atomic E-state index is 13.5. The Balaban J connectivity index is 1.64. The summed E-state index contributed by atoms with van der Waals surface area (Å²) in [5.74, 6) is 0.985. The summed E-state index contributed by atoms with van der Waals surface area (Å²) >= 11 is 0. The third-order valence-electron chi connectivity index (χ3n) is 7.58. The minimum atomic E-state index is -0.685. The van der Waals surface area contributed by atoms with Gasteiger partial charge in [-0.05, 0) is 35.8 Å². The molecule has 1 aliphatic heterocycles. The number of imide groups is 1. The maximum atomic E-state index is 13.5. The Morgan fingerprint density at radius 2 is 1.67 bits per heavy atom. The van der Waals surface area contributed by atoms with Crippen LogP contribution in [0.25, 0.3) is 0 Å². The molecule has 0 N–H and O–H groups in total. The van der Waals surface area contributed by atoms with Crippen LogP contribution >= 0.6 is 0 Å². The molecule has 0 bridgehead atoms. The van der Waals surface area contributed by atoms with Crippen molar-refractivity contribution in [3.8, 4) is 0 Å². The number of hydrogen-bond acceptors (Lipinski definition) is 4. The van der Waals surface area contributed by atoms with Crippen molar-refractivity contribution in [3.63, 3.8) is 0 Å². The van der Waals surface area contributed by atoms with Gasteiger partial charge in [-0.3, -0.25) is 0 Å². The zero-order chi connectivity index (χ0) is 23.6. The number of carbonyl (C=O) groups is 2. The maximum Gasteiger partial charge on any atom is 0.420 e. The molecule has 0 spiro atoms. The average molecular weight is 450 g/mol. The van der Waals surface area contributed by atoms with Gasteiger partial charge in [-0.25, -0.2) is 14.5 Å². The van der Waals surface area contributed by atoms with Gasteiger partial charge in [-0.15, -0.1) is 0 Å². The Labute approximate surface area is 197 Å². The molecule has 0 radical (unpaired) electrons. The van der Waals surface area contributed by atoms with Gasteiger partial charge in [0.2, 0.25) is 0 Å². The second-order valence-electron chi connectivity index (χ2n) is 10.1. The van der Waals surface area contributed by atoms with E-state index < -0.39 is 23.9 Å². The first-order chi connectivity index (χ1) is 15.8. The van der Waals surface area contributed by atoms with E-state index in [9.17, 15) is 9.59 Å². The Kier molecular flexibility index (Phi) is 6.78. The van der Waals surface area contributed by atoms with E-state index in [0.29, 0.717) is 11.8 Å². The van der Waals surface area contributed by atoms with Gasteiger partial charge in [-0.2, -0.15) is 0 Å². The van der Waals surface area contributed by atoms with Crippen LogP contribution in [0, 0.1) is 17.8 Å². The quantitative estimate of drug-likeness (QED) is 0.495. The topological polar surface area (TPSA) is 55.8 Å². The van der Waals surface area contributed by atoms with Crippen molar-refractivity contribution in [1.29, 1.82) is 0 Å². The first-order valence-corrected chi connectivity index (χ1v) is 12.1. The van der Waals surface area contributed by atoms with Gasteiger partial charge in [0.25, 0.3) is 0 Å². The summed E-state index contributed by atoms with van der Waals surface area (Å²) < 4.78 is 12.0. The lowest BCUT2D eigenvalue weighted by Gasteiger charge is -2.51. The van der Waals surface area contributed by atoms with Gasteiger partial charge in [0, 0.05) is 11.8 Å². The van der Waals surface area contributed by atoms with Crippen LogP contribution in [0.3, 0.4) is 0 Å². The summed E-state index contributed by atoms with van der Waals surface area (Å²) in [6.45, 7) is 8.96. The SMILES string of the molecule is CC1CCC(C(C)C)C(OC(=O)N2CC(c3ccccc3)OC2=O)([C@H](C)c2ccccc2)C1. The molecular weight excluding hydrogens is 414 g/mol. The second kappa shape index (κ2) is 9.58. The van der Waals surface area contributed by atoms with Crippen molar-refractivity contribution in [2.75, 3.05) is 6.54 Å². The zero-order valence-electron chi connectivity index (χ0n) is 20.1. The van der Waals surface area contributed by atoms with Crippen LogP contribution in [0.5, 0.6) is 0 Å². The minimum absolute atomic E-state index is 0.00124. The van der Waals surface area contributed by atoms with Gasteiger partial charge < -0.3 is 9.47 Å². The summed E-state index contributed by atoms with van der Waals surface area (Å²) in [7, 11) is 0. The van der Waals surface area contributed by atoms with Gasteiger partial charge in [0.1, 0.15) is 11.7 Å². The third-order valence-corrected chi connectivity index (χ3v) is 7.58. The van der Waals surface area contributed by atoms with Gasteiger partial charge >= 0.3 is 12.2 Å². The van der Waals surface area contributed by atoms with Crippen molar-refractivity contribution in [2.45, 2.75) is 64.6 Å². The highest BCUT2D eigenvalue weighted by Gasteiger charge is 2.53. The Bertz CT molecular complexity index is 960. The molecule has 2 fully saturated rings. The monoisotopic (exact) mass is 449 g/mol. The van der Waals surface area contributed by atoms with Crippen LogP contribution in [-0.4, -0.2) is 29.2 Å². The number of ether oxygens (including phenoxy) is 2. The molecule has 1 saturated carbocycles. The summed E-state index contributed by atoms with van der Waals surface area (Å²) in [6, 6.07) is 19.8. The van der Waals surface area contributed by atoms with Crippen molar-refractivity contribution < 1.29 is 19.1 Å². The van der Waals surface area contributed by atoms with Crippen molar-refractivity contribution in [2.24, 2.45) is 17.8 Å². The Hall–Kier alpha value is -2.82. The van der Waals surface area contributed by atoms with Crippen molar-refractivity contribution in [1.82, 2.24) is 4.90 Å². The van der Waals surface area contributed by atoms with Crippen LogP contribution < -0.4 is 0 Å². The third kappa shape index (κ3) is 4.64. The van der Waals surface area contributed by atoms with Crippen LogP contribution in [0.4, 0.5) is 9.59 Å². The van der Waals surface area contributed by atoms with Gasteiger partial charge in [0.15, 0.2) is 0 Å². The molecule has 1 saturated heterocycles. The summed E-state index contributed by atoms with van der Waals surface area (Å²) in [6.07, 6.45) is 1.19. The van der Waals surface area contributed by atoms with E-state index in [1.807, 2.05) is 48.5 Å². The molecule has 0 aromatic heterocycles. The highest BCUT2D eigenvalue weighted by atomic mass is 16.6. The van der Waals surface area contributed by atoms with E-state index in [1.54, 1.807) is 0 Å². The van der Waals surface area contributed by atoms with E-state index in [2.05, 4.69) is 39.8 Å². The predicted octanol–water partition coefficient (Wildman–Crippen LogP) is 6.95. The van der Waals surface area contributed by atoms with Crippen LogP contribution in [0.15, 0.2) is 60.7 Å². The Morgan fingerprint density at radius 1 is 1.03 bits per heavy atom. The Morgan fingerprint density at radius 3 is 2.30 bits per heavy atom. The normalized spacial score (nSPS) is 28.5. The molecule has 33 heavy (non-hydrogen) atoms. The standard InChI is InChI=1S/C28H35NO4/c1-19(2)24-16-15-20(3)17-28(24,21(4)22-11-7-5-8-12-22)33-27(31)29-18-25(32-26(29)30)23-13-9-6-10-14-23/h5-14,19-21,24-25H,15-18H2,1-4H3/t20?,21-,24?,25?,28?/m1/s1. The molecule has 5 nitrogen and oxygen atoms in total. The molecule has 4 unspecified atom stereocenters. The molecule has 5 atom stereocenters. The number of rotatable bonds is 5. The molecule has 2 aromatic rings. The lowest BCUT2D eigenvalue weighted by Crippen LogP contribution is -2.54. The number of cyclic esters (lactones) is 1. The fraction of sp³-hybridized carbons (Fsp3) is 0.500. The number of nitrogens with zero attached hydrogens (tertiary/aromatic N) is 1. The average Bonchev–Trinajstić information content (AvgIpc) is 3.21. The fourth-order valence-corrected chi connectivity index (χ4v) is 5.80. The summed E-state index contributed by atoms with van der Waals surface area (Å²) in [5.41, 5.74) is 1.34. The molecule has 1 heterocycles. The van der Waals surface area contributed by atoms with Gasteiger partial charge in [-0.1, -0.05) is 94.8 Å². The molecular formula is C28H35NO4. The largest absolute Gasteiger partial charge is 0.441 e. The van der Waals surface area contributed by atoms with E-state index >= 15 is 0 Å². The molecule has 1 aliphatic carbocycles. The van der Waals surface area contributed by atoms with Crippen LogP contribution in [0.2, 0.25) is 0 Å². The lowest BCUT2D eigenvalue weighted by atomic mass is 9.61. The van der Waals surface area contributed by atoms with E-state index in [-0.39, 0.29) is 18.4 Å². The van der Waals surface area contributed by atoms with Crippen LogP contribution in [0.1, 0.15) is 70.1 Å². The smallest absolute Gasteiger partial charge is 0.420 e. The minimum Gasteiger partial charge on any atom is -0.441 e. The molecule has 2 amide bonds.